The second kappa shape index (κ2) is 5.74. The van der Waals surface area contributed by atoms with Gasteiger partial charge in [-0.2, -0.15) is 13.2 Å². The molecule has 2 unspecified atom stereocenters. The first-order valence-corrected chi connectivity index (χ1v) is 6.85. The van der Waals surface area contributed by atoms with Crippen molar-refractivity contribution >= 4 is 0 Å². The maximum atomic E-state index is 12.6. The van der Waals surface area contributed by atoms with Crippen molar-refractivity contribution in [1.29, 1.82) is 0 Å². The third-order valence-corrected chi connectivity index (χ3v) is 3.97. The minimum absolute atomic E-state index is 0.106. The number of nitrogens with one attached hydrogen (secondary N) is 1. The van der Waals surface area contributed by atoms with E-state index in [-0.39, 0.29) is 11.6 Å². The molecule has 1 N–H and O–H groups in total. The van der Waals surface area contributed by atoms with E-state index in [4.69, 9.17) is 4.74 Å². The van der Waals surface area contributed by atoms with Gasteiger partial charge in [-0.1, -0.05) is 12.1 Å². The highest BCUT2D eigenvalue weighted by atomic mass is 19.4. The largest absolute Gasteiger partial charge is 0.416 e. The van der Waals surface area contributed by atoms with Crippen LogP contribution in [0, 0.1) is 0 Å². The number of halogens is 3. The molecule has 5 heteroatoms. The smallest absolute Gasteiger partial charge is 0.373 e. The molecule has 0 bridgehead atoms. The summed E-state index contributed by atoms with van der Waals surface area (Å²) in [5.74, 6) is 0. The molecule has 0 aromatic heterocycles. The SMILES string of the molecule is CNC(c1ccc(C(F)(F)F)cc1)C1(C)CCCCO1. The molecule has 2 nitrogen and oxygen atoms in total. The first kappa shape index (κ1) is 15.3. The fourth-order valence-electron chi connectivity index (χ4n) is 2.87. The van der Waals surface area contributed by atoms with Crippen molar-refractivity contribution in [3.8, 4) is 0 Å². The lowest BCUT2D eigenvalue weighted by molar-refractivity contribution is -0.137. The molecular formula is C15H20F3NO. The molecule has 0 saturated carbocycles. The van der Waals surface area contributed by atoms with Gasteiger partial charge in [0, 0.05) is 6.61 Å². The van der Waals surface area contributed by atoms with Gasteiger partial charge in [-0.25, -0.2) is 0 Å². The van der Waals surface area contributed by atoms with Crippen LogP contribution in [0.5, 0.6) is 0 Å². The number of hydrogen-bond acceptors (Lipinski definition) is 2. The summed E-state index contributed by atoms with van der Waals surface area (Å²) in [6, 6.07) is 5.23. The molecule has 1 aliphatic heterocycles. The lowest BCUT2D eigenvalue weighted by Crippen LogP contribution is -2.44. The summed E-state index contributed by atoms with van der Waals surface area (Å²) in [7, 11) is 1.81. The van der Waals surface area contributed by atoms with E-state index >= 15 is 0 Å². The summed E-state index contributed by atoms with van der Waals surface area (Å²) >= 11 is 0. The molecule has 1 saturated heterocycles. The van der Waals surface area contributed by atoms with Crippen molar-refractivity contribution in [2.24, 2.45) is 0 Å². The van der Waals surface area contributed by atoms with Crippen LogP contribution >= 0.6 is 0 Å². The van der Waals surface area contributed by atoms with Crippen LogP contribution in [0.4, 0.5) is 13.2 Å². The summed E-state index contributed by atoms with van der Waals surface area (Å²) < 4.78 is 43.7. The van der Waals surface area contributed by atoms with E-state index in [0.29, 0.717) is 6.61 Å². The van der Waals surface area contributed by atoms with E-state index in [1.807, 2.05) is 14.0 Å². The highest BCUT2D eigenvalue weighted by Crippen LogP contribution is 2.37. The van der Waals surface area contributed by atoms with Gasteiger partial charge < -0.3 is 10.1 Å². The number of alkyl halides is 3. The van der Waals surface area contributed by atoms with Crippen LogP contribution in [0.1, 0.15) is 43.4 Å². The maximum absolute atomic E-state index is 12.6. The normalized spacial score (nSPS) is 25.4. The van der Waals surface area contributed by atoms with Gasteiger partial charge in [0.2, 0.25) is 0 Å². The summed E-state index contributed by atoms with van der Waals surface area (Å²) in [6.07, 6.45) is -1.27. The van der Waals surface area contributed by atoms with Crippen LogP contribution in [0.25, 0.3) is 0 Å². The number of ether oxygens (including phenoxy) is 1. The highest BCUT2D eigenvalue weighted by Gasteiger charge is 2.37. The van der Waals surface area contributed by atoms with Gasteiger partial charge in [-0.05, 0) is 50.9 Å². The molecule has 1 aromatic carbocycles. The van der Waals surface area contributed by atoms with Crippen LogP contribution in [-0.2, 0) is 10.9 Å². The van der Waals surface area contributed by atoms with Gasteiger partial charge in [-0.3, -0.25) is 0 Å². The molecule has 0 radical (unpaired) electrons. The van der Waals surface area contributed by atoms with E-state index in [1.165, 1.54) is 12.1 Å². The second-order valence-corrected chi connectivity index (χ2v) is 5.46. The van der Waals surface area contributed by atoms with Crippen LogP contribution in [0.2, 0.25) is 0 Å². The minimum atomic E-state index is -4.29. The third kappa shape index (κ3) is 3.15. The summed E-state index contributed by atoms with van der Waals surface area (Å²) in [4.78, 5) is 0. The summed E-state index contributed by atoms with van der Waals surface area (Å²) in [5, 5.41) is 3.18. The Labute approximate surface area is 117 Å². The fraction of sp³-hybridized carbons (Fsp3) is 0.600. The Morgan fingerprint density at radius 1 is 1.20 bits per heavy atom. The van der Waals surface area contributed by atoms with Crippen LogP contribution in [-0.4, -0.2) is 19.3 Å². The quantitative estimate of drug-likeness (QED) is 0.909. The van der Waals surface area contributed by atoms with E-state index in [2.05, 4.69) is 5.32 Å². The van der Waals surface area contributed by atoms with Crippen LogP contribution in [0.15, 0.2) is 24.3 Å². The van der Waals surface area contributed by atoms with E-state index < -0.39 is 11.7 Å². The zero-order valence-electron chi connectivity index (χ0n) is 11.8. The van der Waals surface area contributed by atoms with Crippen molar-refractivity contribution in [2.75, 3.05) is 13.7 Å². The summed E-state index contributed by atoms with van der Waals surface area (Å²) in [6.45, 7) is 2.72. The molecule has 20 heavy (non-hydrogen) atoms. The fourth-order valence-corrected chi connectivity index (χ4v) is 2.87. The Balaban J connectivity index is 2.23. The zero-order valence-corrected chi connectivity index (χ0v) is 11.8. The lowest BCUT2D eigenvalue weighted by Gasteiger charge is -2.40. The molecule has 1 aromatic rings. The van der Waals surface area contributed by atoms with Gasteiger partial charge >= 0.3 is 6.18 Å². The Kier molecular flexibility index (Phi) is 4.39. The third-order valence-electron chi connectivity index (χ3n) is 3.97. The molecule has 1 fully saturated rings. The van der Waals surface area contributed by atoms with Crippen molar-refractivity contribution in [3.05, 3.63) is 35.4 Å². The Morgan fingerprint density at radius 2 is 1.85 bits per heavy atom. The Hall–Kier alpha value is -1.07. The molecule has 0 spiro atoms. The first-order valence-electron chi connectivity index (χ1n) is 6.85. The van der Waals surface area contributed by atoms with Gasteiger partial charge in [0.05, 0.1) is 17.2 Å². The molecule has 2 rings (SSSR count). The second-order valence-electron chi connectivity index (χ2n) is 5.46. The van der Waals surface area contributed by atoms with E-state index in [0.717, 1.165) is 37.0 Å². The Bertz CT molecular complexity index is 435. The minimum Gasteiger partial charge on any atom is -0.373 e. The molecule has 1 aliphatic rings. The van der Waals surface area contributed by atoms with Gasteiger partial charge in [0.15, 0.2) is 0 Å². The van der Waals surface area contributed by atoms with Crippen molar-refractivity contribution in [2.45, 2.75) is 44.0 Å². The number of likely N-dealkylation sites (N-methyl/N-ethyl adjacent to an activating group) is 1. The molecule has 0 aliphatic carbocycles. The number of hydrogen-bond donors (Lipinski definition) is 1. The average molecular weight is 287 g/mol. The Morgan fingerprint density at radius 3 is 2.30 bits per heavy atom. The predicted octanol–water partition coefficient (Wildman–Crippen LogP) is 3.93. The van der Waals surface area contributed by atoms with E-state index in [9.17, 15) is 13.2 Å². The molecule has 2 atom stereocenters. The van der Waals surface area contributed by atoms with Gasteiger partial charge in [0.1, 0.15) is 0 Å². The van der Waals surface area contributed by atoms with Gasteiger partial charge in [-0.15, -0.1) is 0 Å². The van der Waals surface area contributed by atoms with Crippen molar-refractivity contribution < 1.29 is 17.9 Å². The van der Waals surface area contributed by atoms with Crippen molar-refractivity contribution in [3.63, 3.8) is 0 Å². The summed E-state index contributed by atoms with van der Waals surface area (Å²) in [5.41, 5.74) is -0.164. The molecule has 0 amide bonds. The van der Waals surface area contributed by atoms with Gasteiger partial charge in [0.25, 0.3) is 0 Å². The number of benzene rings is 1. The lowest BCUT2D eigenvalue weighted by atomic mass is 9.84. The first-order chi connectivity index (χ1) is 9.37. The van der Waals surface area contributed by atoms with Crippen molar-refractivity contribution in [1.82, 2.24) is 5.32 Å². The predicted molar refractivity (Wildman–Crippen MR) is 71.5 cm³/mol. The zero-order chi connectivity index (χ0) is 14.8. The molecular weight excluding hydrogens is 267 g/mol. The standard InChI is InChI=1S/C15H20F3NO/c1-14(9-3-4-10-20-14)13(19-2)11-5-7-12(8-6-11)15(16,17)18/h5-8,13,19H,3-4,9-10H2,1-2H3. The molecule has 1 heterocycles. The molecule has 112 valence electrons. The topological polar surface area (TPSA) is 21.3 Å². The maximum Gasteiger partial charge on any atom is 0.416 e. The number of rotatable bonds is 3. The monoisotopic (exact) mass is 287 g/mol. The average Bonchev–Trinajstić information content (AvgIpc) is 2.39. The van der Waals surface area contributed by atoms with Crippen LogP contribution in [0.3, 0.4) is 0 Å². The van der Waals surface area contributed by atoms with Crippen LogP contribution < -0.4 is 5.32 Å². The highest BCUT2D eigenvalue weighted by molar-refractivity contribution is 5.28. The van der Waals surface area contributed by atoms with E-state index in [1.54, 1.807) is 0 Å².